The molecule has 0 fully saturated rings. The third-order valence-electron chi connectivity index (χ3n) is 1.89. The minimum absolute atomic E-state index is 0.290. The summed E-state index contributed by atoms with van der Waals surface area (Å²) < 4.78 is 0. The highest BCUT2D eigenvalue weighted by Gasteiger charge is 2.12. The number of carbonyl (C=O) groups is 1. The van der Waals surface area contributed by atoms with E-state index in [1.807, 2.05) is 0 Å². The number of rotatable bonds is 4. The van der Waals surface area contributed by atoms with Crippen molar-refractivity contribution in [2.75, 3.05) is 0 Å². The van der Waals surface area contributed by atoms with Crippen LogP contribution in [0.3, 0.4) is 0 Å². The van der Waals surface area contributed by atoms with Crippen LogP contribution in [0.1, 0.15) is 30.6 Å². The van der Waals surface area contributed by atoms with Crippen molar-refractivity contribution in [2.24, 2.45) is 0 Å². The Morgan fingerprint density at radius 3 is 3.00 bits per heavy atom. The molecule has 1 aromatic rings. The van der Waals surface area contributed by atoms with E-state index >= 15 is 0 Å². The number of aromatic nitrogens is 1. The Balaban J connectivity index is 2.90. The lowest BCUT2D eigenvalue weighted by molar-refractivity contribution is 0.0692. The second-order valence-electron chi connectivity index (χ2n) is 3.00. The van der Waals surface area contributed by atoms with Crippen molar-refractivity contribution >= 4 is 17.7 Å². The summed E-state index contributed by atoms with van der Waals surface area (Å²) in [6.45, 7) is 4.13. The Kier molecular flexibility index (Phi) is 3.95. The number of carboxylic acid groups (broad SMARTS) is 1. The summed E-state index contributed by atoms with van der Waals surface area (Å²) in [6.07, 6.45) is 2.62. The van der Waals surface area contributed by atoms with Crippen LogP contribution in [0.15, 0.2) is 23.4 Å². The van der Waals surface area contributed by atoms with Gasteiger partial charge in [-0.15, -0.1) is 11.8 Å². The molecule has 1 heterocycles. The number of nitrogens with zero attached hydrogens (tertiary/aromatic N) is 1. The van der Waals surface area contributed by atoms with Gasteiger partial charge >= 0.3 is 5.97 Å². The van der Waals surface area contributed by atoms with Crippen LogP contribution in [-0.2, 0) is 0 Å². The topological polar surface area (TPSA) is 50.2 Å². The zero-order valence-electron chi connectivity index (χ0n) is 8.23. The van der Waals surface area contributed by atoms with E-state index in [9.17, 15) is 4.79 Å². The van der Waals surface area contributed by atoms with Gasteiger partial charge in [0.15, 0.2) is 0 Å². The van der Waals surface area contributed by atoms with E-state index in [-0.39, 0.29) is 5.56 Å². The molecule has 3 nitrogen and oxygen atoms in total. The van der Waals surface area contributed by atoms with Gasteiger partial charge in [-0.25, -0.2) is 9.78 Å². The summed E-state index contributed by atoms with van der Waals surface area (Å²) in [5.74, 6) is -0.913. The Bertz CT molecular complexity index is 328. The zero-order valence-corrected chi connectivity index (χ0v) is 9.04. The molecule has 0 unspecified atom stereocenters. The first-order chi connectivity index (χ1) is 6.65. The van der Waals surface area contributed by atoms with Gasteiger partial charge in [0.25, 0.3) is 0 Å². The molecule has 1 N–H and O–H groups in total. The average molecular weight is 211 g/mol. The first-order valence-corrected chi connectivity index (χ1v) is 5.38. The molecule has 0 amide bonds. The molecule has 0 saturated carbocycles. The van der Waals surface area contributed by atoms with Crippen molar-refractivity contribution in [1.82, 2.24) is 4.98 Å². The van der Waals surface area contributed by atoms with Crippen LogP contribution in [0.5, 0.6) is 0 Å². The number of pyridine rings is 1. The van der Waals surface area contributed by atoms with Crippen LogP contribution in [0.2, 0.25) is 0 Å². The molecule has 1 atom stereocenters. The van der Waals surface area contributed by atoms with Crippen LogP contribution in [0, 0.1) is 0 Å². The molecule has 0 aliphatic carbocycles. The number of carboxylic acids is 1. The van der Waals surface area contributed by atoms with E-state index in [4.69, 9.17) is 5.11 Å². The van der Waals surface area contributed by atoms with Crippen molar-refractivity contribution in [2.45, 2.75) is 30.5 Å². The molecular formula is C10H13NO2S. The van der Waals surface area contributed by atoms with Gasteiger partial charge in [0.1, 0.15) is 5.03 Å². The number of hydrogen-bond donors (Lipinski definition) is 1. The van der Waals surface area contributed by atoms with Gasteiger partial charge in [0, 0.05) is 11.4 Å². The maximum atomic E-state index is 10.8. The van der Waals surface area contributed by atoms with E-state index in [2.05, 4.69) is 18.8 Å². The molecule has 0 aromatic carbocycles. The van der Waals surface area contributed by atoms with Gasteiger partial charge < -0.3 is 5.11 Å². The van der Waals surface area contributed by atoms with Crippen molar-refractivity contribution in [3.8, 4) is 0 Å². The summed E-state index contributed by atoms with van der Waals surface area (Å²) in [4.78, 5) is 14.9. The normalized spacial score (nSPS) is 12.4. The van der Waals surface area contributed by atoms with Crippen LogP contribution >= 0.6 is 11.8 Å². The van der Waals surface area contributed by atoms with Crippen LogP contribution in [-0.4, -0.2) is 21.3 Å². The third kappa shape index (κ3) is 2.73. The molecule has 0 radical (unpaired) electrons. The predicted molar refractivity (Wildman–Crippen MR) is 56.8 cm³/mol. The van der Waals surface area contributed by atoms with E-state index in [0.29, 0.717) is 10.3 Å². The molecule has 0 saturated heterocycles. The average Bonchev–Trinajstić information content (AvgIpc) is 2.18. The largest absolute Gasteiger partial charge is 0.478 e. The quantitative estimate of drug-likeness (QED) is 0.778. The van der Waals surface area contributed by atoms with Gasteiger partial charge in [0.05, 0.1) is 5.56 Å². The van der Waals surface area contributed by atoms with Gasteiger partial charge in [0.2, 0.25) is 0 Å². The maximum Gasteiger partial charge on any atom is 0.338 e. The Morgan fingerprint density at radius 2 is 2.43 bits per heavy atom. The molecule has 0 aliphatic rings. The summed E-state index contributed by atoms with van der Waals surface area (Å²) in [5, 5.41) is 9.90. The van der Waals surface area contributed by atoms with E-state index < -0.39 is 5.97 Å². The highest BCUT2D eigenvalue weighted by molar-refractivity contribution is 7.99. The standard InChI is InChI=1S/C10H13NO2S/c1-3-7(2)14-9-8(10(12)13)5-4-6-11-9/h4-7H,3H2,1-2H3,(H,12,13)/t7-/m1/s1. The van der Waals surface area contributed by atoms with Crippen LogP contribution in [0.4, 0.5) is 0 Å². The van der Waals surface area contributed by atoms with E-state index in [1.165, 1.54) is 11.8 Å². The number of aromatic carboxylic acids is 1. The molecule has 76 valence electrons. The molecule has 4 heteroatoms. The number of thioether (sulfide) groups is 1. The smallest absolute Gasteiger partial charge is 0.338 e. The van der Waals surface area contributed by atoms with E-state index in [0.717, 1.165) is 6.42 Å². The lowest BCUT2D eigenvalue weighted by Crippen LogP contribution is -2.03. The van der Waals surface area contributed by atoms with Crippen molar-refractivity contribution in [3.63, 3.8) is 0 Å². The monoisotopic (exact) mass is 211 g/mol. The second-order valence-corrected chi connectivity index (χ2v) is 4.43. The predicted octanol–water partition coefficient (Wildman–Crippen LogP) is 2.67. The highest BCUT2D eigenvalue weighted by atomic mass is 32.2. The highest BCUT2D eigenvalue weighted by Crippen LogP contribution is 2.25. The first kappa shape index (κ1) is 11.0. The molecule has 0 spiro atoms. The lowest BCUT2D eigenvalue weighted by atomic mass is 10.3. The Hall–Kier alpha value is -1.03. The fraction of sp³-hybridized carbons (Fsp3) is 0.400. The zero-order chi connectivity index (χ0) is 10.6. The van der Waals surface area contributed by atoms with E-state index in [1.54, 1.807) is 18.3 Å². The molecule has 1 rings (SSSR count). The van der Waals surface area contributed by atoms with Gasteiger partial charge in [-0.3, -0.25) is 0 Å². The van der Waals surface area contributed by atoms with Crippen LogP contribution in [0.25, 0.3) is 0 Å². The maximum absolute atomic E-state index is 10.8. The third-order valence-corrected chi connectivity index (χ3v) is 3.17. The Morgan fingerprint density at radius 1 is 1.71 bits per heavy atom. The lowest BCUT2D eigenvalue weighted by Gasteiger charge is -2.08. The van der Waals surface area contributed by atoms with Gasteiger partial charge in [-0.1, -0.05) is 13.8 Å². The van der Waals surface area contributed by atoms with Crippen molar-refractivity contribution < 1.29 is 9.90 Å². The molecule has 1 aromatic heterocycles. The minimum Gasteiger partial charge on any atom is -0.478 e. The summed E-state index contributed by atoms with van der Waals surface area (Å²) in [7, 11) is 0. The summed E-state index contributed by atoms with van der Waals surface area (Å²) in [6, 6.07) is 3.23. The van der Waals surface area contributed by atoms with Crippen LogP contribution < -0.4 is 0 Å². The molecule has 14 heavy (non-hydrogen) atoms. The molecule has 0 bridgehead atoms. The van der Waals surface area contributed by atoms with Crippen molar-refractivity contribution in [3.05, 3.63) is 23.9 Å². The van der Waals surface area contributed by atoms with Gasteiger partial charge in [-0.05, 0) is 18.6 Å². The fourth-order valence-electron chi connectivity index (χ4n) is 0.921. The summed E-state index contributed by atoms with van der Waals surface area (Å²) in [5.41, 5.74) is 0.290. The van der Waals surface area contributed by atoms with Gasteiger partial charge in [-0.2, -0.15) is 0 Å². The first-order valence-electron chi connectivity index (χ1n) is 4.50. The fourth-order valence-corrected chi connectivity index (χ4v) is 1.87. The number of hydrogen-bond acceptors (Lipinski definition) is 3. The summed E-state index contributed by atoms with van der Waals surface area (Å²) >= 11 is 1.51. The molecule has 0 aliphatic heterocycles. The second kappa shape index (κ2) is 5.00. The Labute approximate surface area is 87.6 Å². The SMILES string of the molecule is CC[C@@H](C)Sc1ncccc1C(=O)O. The molecular weight excluding hydrogens is 198 g/mol. The van der Waals surface area contributed by atoms with Crippen molar-refractivity contribution in [1.29, 1.82) is 0 Å². The minimum atomic E-state index is -0.913.